The number of rotatable bonds is 4. The van der Waals surface area contributed by atoms with Crippen molar-refractivity contribution in [3.63, 3.8) is 0 Å². The molecule has 23 heavy (non-hydrogen) atoms. The van der Waals surface area contributed by atoms with Crippen LogP contribution in [0.2, 0.25) is 0 Å². The Labute approximate surface area is 135 Å². The first kappa shape index (κ1) is 15.0. The smallest absolute Gasteiger partial charge is 0.266 e. The summed E-state index contributed by atoms with van der Waals surface area (Å²) in [6, 6.07) is 9.47. The average Bonchev–Trinajstić information content (AvgIpc) is 2.53. The first-order valence-corrected chi connectivity index (χ1v) is 7.91. The fourth-order valence-corrected chi connectivity index (χ4v) is 2.52. The van der Waals surface area contributed by atoms with Gasteiger partial charge in [0.05, 0.1) is 17.4 Å². The van der Waals surface area contributed by atoms with Crippen LogP contribution >= 0.6 is 11.8 Å². The molecule has 0 bridgehead atoms. The molecule has 0 aliphatic rings. The molecule has 0 aliphatic heterocycles. The number of nitrogens with one attached hydrogen (secondary N) is 2. The van der Waals surface area contributed by atoms with Gasteiger partial charge in [-0.3, -0.25) is 14.6 Å². The van der Waals surface area contributed by atoms with Gasteiger partial charge in [-0.1, -0.05) is 30.0 Å². The van der Waals surface area contributed by atoms with Gasteiger partial charge in [-0.15, -0.1) is 0 Å². The SMILES string of the molecule is CSc1nc(Nc2cnc3ccccc3c2)c(C(N)=O)c(=O)[nH]1. The lowest BCUT2D eigenvalue weighted by Crippen LogP contribution is -2.26. The van der Waals surface area contributed by atoms with Crippen molar-refractivity contribution in [2.24, 2.45) is 5.73 Å². The molecular weight excluding hydrogens is 314 g/mol. The third kappa shape index (κ3) is 3.02. The van der Waals surface area contributed by atoms with E-state index in [0.29, 0.717) is 10.8 Å². The summed E-state index contributed by atoms with van der Waals surface area (Å²) in [6.45, 7) is 0. The number of anilines is 2. The van der Waals surface area contributed by atoms with Crippen LogP contribution in [-0.4, -0.2) is 27.1 Å². The molecule has 3 aromatic rings. The molecule has 1 aromatic carbocycles. The largest absolute Gasteiger partial charge is 0.365 e. The van der Waals surface area contributed by atoms with E-state index in [0.717, 1.165) is 10.9 Å². The fraction of sp³-hybridized carbons (Fsp3) is 0.0667. The highest BCUT2D eigenvalue weighted by Gasteiger charge is 2.17. The van der Waals surface area contributed by atoms with Gasteiger partial charge < -0.3 is 16.0 Å². The van der Waals surface area contributed by atoms with Gasteiger partial charge in [-0.05, 0) is 18.4 Å². The molecule has 8 heteroatoms. The molecule has 2 heterocycles. The minimum Gasteiger partial charge on any atom is -0.365 e. The molecule has 0 fully saturated rings. The maximum absolute atomic E-state index is 12.0. The number of benzene rings is 1. The molecule has 0 unspecified atom stereocenters. The van der Waals surface area contributed by atoms with Crippen LogP contribution in [0.3, 0.4) is 0 Å². The number of pyridine rings is 1. The summed E-state index contributed by atoms with van der Waals surface area (Å²) < 4.78 is 0. The van der Waals surface area contributed by atoms with Crippen LogP contribution in [0.15, 0.2) is 46.5 Å². The first-order chi connectivity index (χ1) is 11.1. The van der Waals surface area contributed by atoms with Crippen LogP contribution in [-0.2, 0) is 0 Å². The minimum absolute atomic E-state index is 0.114. The molecule has 1 amide bonds. The number of thioether (sulfide) groups is 1. The Morgan fingerprint density at radius 2 is 2.13 bits per heavy atom. The van der Waals surface area contributed by atoms with E-state index in [1.54, 1.807) is 12.5 Å². The zero-order valence-electron chi connectivity index (χ0n) is 12.2. The van der Waals surface area contributed by atoms with Gasteiger partial charge in [-0.25, -0.2) is 4.98 Å². The molecule has 0 saturated heterocycles. The van der Waals surface area contributed by atoms with Gasteiger partial charge in [0.25, 0.3) is 11.5 Å². The Morgan fingerprint density at radius 1 is 1.35 bits per heavy atom. The summed E-state index contributed by atoms with van der Waals surface area (Å²) in [5.41, 5.74) is 5.95. The molecule has 0 atom stereocenters. The number of nitrogens with zero attached hydrogens (tertiary/aromatic N) is 2. The second-order valence-electron chi connectivity index (χ2n) is 4.70. The lowest BCUT2D eigenvalue weighted by molar-refractivity contribution is 0.0999. The van der Waals surface area contributed by atoms with Crippen molar-refractivity contribution < 1.29 is 4.79 Å². The summed E-state index contributed by atoms with van der Waals surface area (Å²) in [5, 5.41) is 4.26. The average molecular weight is 327 g/mol. The van der Waals surface area contributed by atoms with Crippen LogP contribution in [0, 0.1) is 0 Å². The Bertz CT molecular complexity index is 954. The van der Waals surface area contributed by atoms with Gasteiger partial charge in [0.15, 0.2) is 11.0 Å². The van der Waals surface area contributed by atoms with Crippen molar-refractivity contribution >= 4 is 40.1 Å². The monoisotopic (exact) mass is 327 g/mol. The maximum atomic E-state index is 12.0. The number of primary amides is 1. The van der Waals surface area contributed by atoms with Crippen LogP contribution < -0.4 is 16.6 Å². The normalized spacial score (nSPS) is 10.7. The van der Waals surface area contributed by atoms with Gasteiger partial charge >= 0.3 is 0 Å². The Kier molecular flexibility index (Phi) is 3.98. The molecule has 7 nitrogen and oxygen atoms in total. The van der Waals surface area contributed by atoms with E-state index in [2.05, 4.69) is 20.3 Å². The molecule has 0 spiro atoms. The number of H-pyrrole nitrogens is 1. The highest BCUT2D eigenvalue weighted by molar-refractivity contribution is 7.98. The van der Waals surface area contributed by atoms with Crippen molar-refractivity contribution in [2.75, 3.05) is 11.6 Å². The Balaban J connectivity index is 2.08. The summed E-state index contributed by atoms with van der Waals surface area (Å²) in [5.74, 6) is -0.731. The van der Waals surface area contributed by atoms with Crippen molar-refractivity contribution in [3.8, 4) is 0 Å². The van der Waals surface area contributed by atoms with Gasteiger partial charge in [-0.2, -0.15) is 0 Å². The fourth-order valence-electron chi connectivity index (χ4n) is 2.14. The minimum atomic E-state index is -0.845. The van der Waals surface area contributed by atoms with Crippen molar-refractivity contribution in [1.82, 2.24) is 15.0 Å². The van der Waals surface area contributed by atoms with Gasteiger partial charge in [0.1, 0.15) is 5.56 Å². The zero-order valence-corrected chi connectivity index (χ0v) is 13.0. The molecule has 116 valence electrons. The number of carbonyl (C=O) groups is 1. The van der Waals surface area contributed by atoms with Crippen LogP contribution in [0.1, 0.15) is 10.4 Å². The highest BCUT2D eigenvalue weighted by atomic mass is 32.2. The summed E-state index contributed by atoms with van der Waals surface area (Å²) in [4.78, 5) is 34.6. The molecule has 3 rings (SSSR count). The number of carbonyl (C=O) groups excluding carboxylic acids is 1. The van der Waals surface area contributed by atoms with E-state index in [4.69, 9.17) is 5.73 Å². The lowest BCUT2D eigenvalue weighted by Gasteiger charge is -2.10. The predicted octanol–water partition coefficient (Wildman–Crippen LogP) is 1.88. The zero-order chi connectivity index (χ0) is 16.4. The standard InChI is InChI=1S/C15H13N5O2S/c1-23-15-19-13(11(12(16)21)14(22)20-15)18-9-6-8-4-2-3-5-10(8)17-7-9/h2-7H,1H3,(H2,16,21)(H2,18,19,20,22). The molecule has 2 aromatic heterocycles. The van der Waals surface area contributed by atoms with Crippen molar-refractivity contribution in [1.29, 1.82) is 0 Å². The van der Waals surface area contributed by atoms with E-state index < -0.39 is 11.5 Å². The summed E-state index contributed by atoms with van der Waals surface area (Å²) in [7, 11) is 0. The molecule has 0 radical (unpaired) electrons. The Hall–Kier alpha value is -2.87. The number of fused-ring (bicyclic) bond motifs is 1. The quantitative estimate of drug-likeness (QED) is 0.498. The number of hydrogen-bond donors (Lipinski definition) is 3. The first-order valence-electron chi connectivity index (χ1n) is 6.68. The number of hydrogen-bond acceptors (Lipinski definition) is 6. The van der Waals surface area contributed by atoms with Crippen molar-refractivity contribution in [2.45, 2.75) is 5.16 Å². The van der Waals surface area contributed by atoms with E-state index in [1.165, 1.54) is 11.8 Å². The van der Waals surface area contributed by atoms with E-state index >= 15 is 0 Å². The predicted molar refractivity (Wildman–Crippen MR) is 90.2 cm³/mol. The maximum Gasteiger partial charge on any atom is 0.266 e. The third-order valence-electron chi connectivity index (χ3n) is 3.19. The highest BCUT2D eigenvalue weighted by Crippen LogP contribution is 2.21. The second-order valence-corrected chi connectivity index (χ2v) is 5.50. The number of aromatic nitrogens is 3. The molecule has 0 saturated carbocycles. The van der Waals surface area contributed by atoms with Crippen LogP contribution in [0.25, 0.3) is 10.9 Å². The number of amides is 1. The summed E-state index contributed by atoms with van der Waals surface area (Å²) >= 11 is 1.26. The van der Waals surface area contributed by atoms with Crippen molar-refractivity contribution in [3.05, 3.63) is 52.4 Å². The Morgan fingerprint density at radius 3 is 2.87 bits per heavy atom. The van der Waals surface area contributed by atoms with Gasteiger partial charge in [0, 0.05) is 5.39 Å². The van der Waals surface area contributed by atoms with E-state index in [9.17, 15) is 9.59 Å². The van der Waals surface area contributed by atoms with E-state index in [-0.39, 0.29) is 11.4 Å². The molecular formula is C15H13N5O2S. The number of aromatic amines is 1. The molecule has 0 aliphatic carbocycles. The van der Waals surface area contributed by atoms with Crippen LogP contribution in [0.5, 0.6) is 0 Å². The second kappa shape index (κ2) is 6.09. The number of nitrogens with two attached hydrogens (primary N) is 1. The number of para-hydroxylation sites is 1. The summed E-state index contributed by atoms with van der Waals surface area (Å²) in [6.07, 6.45) is 3.37. The van der Waals surface area contributed by atoms with Crippen LogP contribution in [0.4, 0.5) is 11.5 Å². The lowest BCUT2D eigenvalue weighted by atomic mass is 10.2. The van der Waals surface area contributed by atoms with E-state index in [1.807, 2.05) is 30.3 Å². The third-order valence-corrected chi connectivity index (χ3v) is 3.77. The topological polar surface area (TPSA) is 114 Å². The molecule has 4 N–H and O–H groups in total. The van der Waals surface area contributed by atoms with Gasteiger partial charge in [0.2, 0.25) is 0 Å².